The molecular formula is C15H24O3S. The van der Waals surface area contributed by atoms with Crippen LogP contribution in [-0.4, -0.2) is 21.3 Å². The van der Waals surface area contributed by atoms with Crippen molar-refractivity contribution < 1.29 is 12.6 Å². The molecule has 0 aliphatic rings. The van der Waals surface area contributed by atoms with Gasteiger partial charge in [0, 0.05) is 0 Å². The molecule has 0 N–H and O–H groups in total. The zero-order chi connectivity index (χ0) is 14.5. The highest BCUT2D eigenvalue weighted by atomic mass is 32.2. The van der Waals surface area contributed by atoms with Crippen LogP contribution in [0.1, 0.15) is 44.7 Å². The van der Waals surface area contributed by atoms with E-state index in [0.717, 1.165) is 19.1 Å². The highest BCUT2D eigenvalue weighted by Gasteiger charge is 2.17. The summed E-state index contributed by atoms with van der Waals surface area (Å²) in [5, 5.41) is 0. The van der Waals surface area contributed by atoms with Crippen molar-refractivity contribution in [3.63, 3.8) is 0 Å². The van der Waals surface area contributed by atoms with E-state index in [-0.39, 0.29) is 12.0 Å². The van der Waals surface area contributed by atoms with Gasteiger partial charge in [-0.2, -0.15) is 8.42 Å². The lowest BCUT2D eigenvalue weighted by atomic mass is 9.82. The third-order valence-corrected chi connectivity index (χ3v) is 4.12. The molecule has 1 rings (SSSR count). The first kappa shape index (κ1) is 16.2. The Balaban J connectivity index is 2.49. The summed E-state index contributed by atoms with van der Waals surface area (Å²) in [5.74, 6) is 0. The van der Waals surface area contributed by atoms with Crippen molar-refractivity contribution in [2.45, 2.75) is 45.4 Å². The van der Waals surface area contributed by atoms with Crippen LogP contribution in [0.2, 0.25) is 0 Å². The summed E-state index contributed by atoms with van der Waals surface area (Å²) >= 11 is 0. The fourth-order valence-electron chi connectivity index (χ4n) is 1.81. The van der Waals surface area contributed by atoms with E-state index in [1.54, 1.807) is 0 Å². The highest BCUT2D eigenvalue weighted by Crippen LogP contribution is 2.26. The van der Waals surface area contributed by atoms with Crippen molar-refractivity contribution >= 4 is 10.1 Å². The Labute approximate surface area is 117 Å². The van der Waals surface area contributed by atoms with Gasteiger partial charge in [0.15, 0.2) is 0 Å². The van der Waals surface area contributed by atoms with Crippen LogP contribution in [0.15, 0.2) is 24.3 Å². The van der Waals surface area contributed by atoms with Crippen molar-refractivity contribution in [1.29, 1.82) is 0 Å². The number of hydrogen-bond donors (Lipinski definition) is 0. The molecule has 0 amide bonds. The molecule has 0 aliphatic carbocycles. The predicted molar refractivity (Wildman–Crippen MR) is 78.9 cm³/mol. The van der Waals surface area contributed by atoms with Crippen molar-refractivity contribution in [3.05, 3.63) is 35.4 Å². The van der Waals surface area contributed by atoms with Crippen LogP contribution >= 0.6 is 0 Å². The van der Waals surface area contributed by atoms with E-state index in [1.807, 2.05) is 0 Å². The Morgan fingerprint density at radius 1 is 1.16 bits per heavy atom. The van der Waals surface area contributed by atoms with Crippen LogP contribution in [0.5, 0.6) is 0 Å². The van der Waals surface area contributed by atoms with Crippen LogP contribution in [0.25, 0.3) is 0 Å². The lowest BCUT2D eigenvalue weighted by Crippen LogP contribution is -2.15. The zero-order valence-electron chi connectivity index (χ0n) is 12.3. The summed E-state index contributed by atoms with van der Waals surface area (Å²) < 4.78 is 26.3. The Hall–Kier alpha value is -0.870. The first-order chi connectivity index (χ1) is 8.74. The topological polar surface area (TPSA) is 43.4 Å². The molecule has 0 saturated carbocycles. The fourth-order valence-corrected chi connectivity index (χ4v) is 2.23. The Morgan fingerprint density at radius 2 is 1.74 bits per heavy atom. The van der Waals surface area contributed by atoms with E-state index in [1.165, 1.54) is 11.1 Å². The quantitative estimate of drug-likeness (QED) is 0.570. The first-order valence-electron chi connectivity index (χ1n) is 6.68. The summed E-state index contributed by atoms with van der Waals surface area (Å²) in [6, 6.07) is 8.56. The summed E-state index contributed by atoms with van der Waals surface area (Å²) in [6.07, 6.45) is 3.73. The predicted octanol–water partition coefficient (Wildman–Crippen LogP) is 3.28. The van der Waals surface area contributed by atoms with E-state index < -0.39 is 10.1 Å². The van der Waals surface area contributed by atoms with E-state index in [9.17, 15) is 8.42 Å². The molecule has 1 aromatic carbocycles. The second-order valence-electron chi connectivity index (χ2n) is 5.56. The SMILES string of the molecule is CCC(C)(C)c1ccc(CCCOS(C)(=O)=O)cc1. The van der Waals surface area contributed by atoms with Crippen LogP contribution in [0, 0.1) is 0 Å². The van der Waals surface area contributed by atoms with Gasteiger partial charge >= 0.3 is 0 Å². The summed E-state index contributed by atoms with van der Waals surface area (Å²) in [7, 11) is -3.31. The second-order valence-corrected chi connectivity index (χ2v) is 7.21. The van der Waals surface area contributed by atoms with Crippen LogP contribution in [0.3, 0.4) is 0 Å². The molecule has 0 saturated heterocycles. The molecule has 108 valence electrons. The van der Waals surface area contributed by atoms with E-state index in [0.29, 0.717) is 6.42 Å². The summed E-state index contributed by atoms with van der Waals surface area (Å²) in [6.45, 7) is 6.92. The van der Waals surface area contributed by atoms with Crippen molar-refractivity contribution in [1.82, 2.24) is 0 Å². The van der Waals surface area contributed by atoms with Gasteiger partial charge in [0.2, 0.25) is 0 Å². The minimum Gasteiger partial charge on any atom is -0.270 e. The van der Waals surface area contributed by atoms with Gasteiger partial charge in [-0.1, -0.05) is 45.0 Å². The molecule has 0 fully saturated rings. The zero-order valence-corrected chi connectivity index (χ0v) is 13.1. The van der Waals surface area contributed by atoms with Crippen molar-refractivity contribution in [3.8, 4) is 0 Å². The Kier molecular flexibility index (Phi) is 5.56. The first-order valence-corrected chi connectivity index (χ1v) is 8.50. The molecule has 3 nitrogen and oxygen atoms in total. The third-order valence-electron chi connectivity index (χ3n) is 3.53. The molecule has 0 unspecified atom stereocenters. The van der Waals surface area contributed by atoms with Crippen LogP contribution < -0.4 is 0 Å². The van der Waals surface area contributed by atoms with Gasteiger partial charge < -0.3 is 0 Å². The maximum atomic E-state index is 10.8. The molecule has 1 aromatic rings. The van der Waals surface area contributed by atoms with Gasteiger partial charge in [0.1, 0.15) is 0 Å². The second kappa shape index (κ2) is 6.53. The number of aryl methyl sites for hydroxylation is 1. The Morgan fingerprint density at radius 3 is 2.21 bits per heavy atom. The van der Waals surface area contributed by atoms with Gasteiger partial charge in [-0.3, -0.25) is 4.18 Å². The molecule has 0 radical (unpaired) electrons. The molecule has 0 atom stereocenters. The average Bonchev–Trinajstić information content (AvgIpc) is 2.34. The molecule has 19 heavy (non-hydrogen) atoms. The molecular weight excluding hydrogens is 260 g/mol. The molecule has 0 heterocycles. The molecule has 0 spiro atoms. The van der Waals surface area contributed by atoms with Crippen LogP contribution in [0.4, 0.5) is 0 Å². The van der Waals surface area contributed by atoms with E-state index in [2.05, 4.69) is 45.0 Å². The lowest BCUT2D eigenvalue weighted by Gasteiger charge is -2.23. The highest BCUT2D eigenvalue weighted by molar-refractivity contribution is 7.85. The molecule has 4 heteroatoms. The standard InChI is InChI=1S/C15H24O3S/c1-5-15(2,3)14-10-8-13(9-11-14)7-6-12-18-19(4,16)17/h8-11H,5-7,12H2,1-4H3. The molecule has 0 aromatic heterocycles. The maximum Gasteiger partial charge on any atom is 0.264 e. The van der Waals surface area contributed by atoms with E-state index in [4.69, 9.17) is 4.18 Å². The van der Waals surface area contributed by atoms with Gasteiger partial charge in [0.05, 0.1) is 12.9 Å². The summed E-state index contributed by atoms with van der Waals surface area (Å²) in [5.41, 5.74) is 2.76. The van der Waals surface area contributed by atoms with Gasteiger partial charge in [-0.25, -0.2) is 0 Å². The summed E-state index contributed by atoms with van der Waals surface area (Å²) in [4.78, 5) is 0. The van der Waals surface area contributed by atoms with Crippen molar-refractivity contribution in [2.24, 2.45) is 0 Å². The molecule has 0 bridgehead atoms. The average molecular weight is 284 g/mol. The maximum absolute atomic E-state index is 10.8. The largest absolute Gasteiger partial charge is 0.270 e. The van der Waals surface area contributed by atoms with Crippen molar-refractivity contribution in [2.75, 3.05) is 12.9 Å². The minimum atomic E-state index is -3.31. The number of hydrogen-bond acceptors (Lipinski definition) is 3. The van der Waals surface area contributed by atoms with Gasteiger partial charge in [-0.15, -0.1) is 0 Å². The van der Waals surface area contributed by atoms with Crippen LogP contribution in [-0.2, 0) is 26.1 Å². The van der Waals surface area contributed by atoms with Gasteiger partial charge in [-0.05, 0) is 35.8 Å². The smallest absolute Gasteiger partial charge is 0.264 e. The monoisotopic (exact) mass is 284 g/mol. The molecule has 0 aliphatic heterocycles. The fraction of sp³-hybridized carbons (Fsp3) is 0.600. The lowest BCUT2D eigenvalue weighted by molar-refractivity contribution is 0.316. The van der Waals surface area contributed by atoms with Gasteiger partial charge in [0.25, 0.3) is 10.1 Å². The minimum absolute atomic E-state index is 0.206. The normalized spacial score (nSPS) is 12.6. The number of rotatable bonds is 7. The Bertz CT molecular complexity index is 487. The van der Waals surface area contributed by atoms with E-state index >= 15 is 0 Å². The third kappa shape index (κ3) is 5.74. The number of benzene rings is 1.